The highest BCUT2D eigenvalue weighted by Crippen LogP contribution is 2.25. The van der Waals surface area contributed by atoms with E-state index in [0.29, 0.717) is 0 Å². The molecule has 21 heavy (non-hydrogen) atoms. The van der Waals surface area contributed by atoms with E-state index in [9.17, 15) is 30.6 Å². The van der Waals surface area contributed by atoms with Crippen molar-refractivity contribution in [1.82, 2.24) is 0 Å². The van der Waals surface area contributed by atoms with Crippen molar-refractivity contribution in [3.05, 3.63) is 0 Å². The number of hydrogen-bond donors (Lipinski definition) is 7. The zero-order valence-electron chi connectivity index (χ0n) is 11.0. The lowest BCUT2D eigenvalue weighted by Crippen LogP contribution is -2.62. The van der Waals surface area contributed by atoms with Gasteiger partial charge in [-0.05, 0) is 0 Å². The third-order valence-corrected chi connectivity index (χ3v) is 3.61. The Morgan fingerprint density at radius 2 is 1.52 bits per heavy atom. The Balaban J connectivity index is 2.01. The summed E-state index contributed by atoms with van der Waals surface area (Å²) < 4.78 is 15.1. The molecule has 7 N–H and O–H groups in total. The Hall–Kier alpha value is -0.400. The average molecular weight is 312 g/mol. The second kappa shape index (κ2) is 6.79. The van der Waals surface area contributed by atoms with Gasteiger partial charge >= 0.3 is 0 Å². The number of aliphatic hydroxyl groups is 7. The monoisotopic (exact) mass is 312 g/mol. The summed E-state index contributed by atoms with van der Waals surface area (Å²) in [4.78, 5) is 0. The van der Waals surface area contributed by atoms with Gasteiger partial charge in [0.25, 0.3) is 0 Å². The van der Waals surface area contributed by atoms with Gasteiger partial charge in [-0.3, -0.25) is 0 Å². The Morgan fingerprint density at radius 1 is 0.857 bits per heavy atom. The molecule has 0 unspecified atom stereocenters. The van der Waals surface area contributed by atoms with Gasteiger partial charge in [0.2, 0.25) is 0 Å². The Bertz CT molecular complexity index is 339. The molecule has 0 aliphatic carbocycles. The van der Waals surface area contributed by atoms with E-state index in [1.54, 1.807) is 0 Å². The Kier molecular flexibility index (Phi) is 5.48. The molecule has 9 atom stereocenters. The smallest absolute Gasteiger partial charge is 0.187 e. The molecule has 2 heterocycles. The van der Waals surface area contributed by atoms with Gasteiger partial charge in [0.05, 0.1) is 13.2 Å². The quantitative estimate of drug-likeness (QED) is 0.268. The van der Waals surface area contributed by atoms with Crippen molar-refractivity contribution in [2.45, 2.75) is 55.3 Å². The van der Waals surface area contributed by atoms with Gasteiger partial charge in [0, 0.05) is 0 Å². The van der Waals surface area contributed by atoms with Crippen molar-refractivity contribution in [2.24, 2.45) is 0 Å². The highest BCUT2D eigenvalue weighted by molar-refractivity contribution is 4.91. The summed E-state index contributed by atoms with van der Waals surface area (Å²) in [6.07, 6.45) is -13.2. The Labute approximate surface area is 119 Å². The van der Waals surface area contributed by atoms with Gasteiger partial charge in [-0.2, -0.15) is 0 Å². The molecule has 2 aliphatic rings. The van der Waals surface area contributed by atoms with Crippen LogP contribution in [0.4, 0.5) is 0 Å². The fourth-order valence-corrected chi connectivity index (χ4v) is 2.25. The summed E-state index contributed by atoms with van der Waals surface area (Å²) in [5.41, 5.74) is 0. The molecule has 2 rings (SSSR count). The summed E-state index contributed by atoms with van der Waals surface area (Å²) in [5.74, 6) is 0. The maximum absolute atomic E-state index is 9.78. The lowest BCUT2D eigenvalue weighted by molar-refractivity contribution is -0.340. The zero-order chi connectivity index (χ0) is 15.7. The third-order valence-electron chi connectivity index (χ3n) is 3.61. The lowest BCUT2D eigenvalue weighted by Gasteiger charge is -2.43. The minimum Gasteiger partial charge on any atom is -0.394 e. The Morgan fingerprint density at radius 3 is 2.14 bits per heavy atom. The summed E-state index contributed by atoms with van der Waals surface area (Å²) in [6.45, 7) is -0.899. The SMILES string of the molecule is OC[C@H]1O[C@H](O[C@H]2CO[C@H](O)[C@@H](O)[C@@H]2O)[C@H](O)[C@H](O)[C@H]1O. The van der Waals surface area contributed by atoms with E-state index in [0.717, 1.165) is 0 Å². The topological polar surface area (TPSA) is 169 Å². The first-order valence-corrected chi connectivity index (χ1v) is 6.48. The van der Waals surface area contributed by atoms with Crippen molar-refractivity contribution >= 4 is 0 Å². The molecule has 124 valence electrons. The van der Waals surface area contributed by atoms with Crippen LogP contribution in [0.15, 0.2) is 0 Å². The molecule has 0 bridgehead atoms. The van der Waals surface area contributed by atoms with Gasteiger partial charge in [0.15, 0.2) is 12.6 Å². The van der Waals surface area contributed by atoms with E-state index in [1.807, 2.05) is 0 Å². The number of hydrogen-bond acceptors (Lipinski definition) is 10. The summed E-state index contributed by atoms with van der Waals surface area (Å²) >= 11 is 0. The van der Waals surface area contributed by atoms with Crippen molar-refractivity contribution in [3.63, 3.8) is 0 Å². The maximum atomic E-state index is 9.78. The molecule has 2 saturated heterocycles. The second-order valence-corrected chi connectivity index (χ2v) is 5.08. The number of aliphatic hydroxyl groups excluding tert-OH is 7. The van der Waals surface area contributed by atoms with Crippen LogP contribution in [0.3, 0.4) is 0 Å². The van der Waals surface area contributed by atoms with Crippen LogP contribution in [0, 0.1) is 0 Å². The van der Waals surface area contributed by atoms with Crippen LogP contribution in [-0.2, 0) is 14.2 Å². The molecule has 2 fully saturated rings. The molecular weight excluding hydrogens is 292 g/mol. The molecule has 0 aromatic heterocycles. The van der Waals surface area contributed by atoms with Gasteiger partial charge in [-0.25, -0.2) is 0 Å². The van der Waals surface area contributed by atoms with E-state index < -0.39 is 61.9 Å². The van der Waals surface area contributed by atoms with Gasteiger partial charge in [-0.1, -0.05) is 0 Å². The fraction of sp³-hybridized carbons (Fsp3) is 1.00. The second-order valence-electron chi connectivity index (χ2n) is 5.08. The molecule has 0 saturated carbocycles. The van der Waals surface area contributed by atoms with Crippen LogP contribution in [0.25, 0.3) is 0 Å². The van der Waals surface area contributed by atoms with Gasteiger partial charge in [-0.15, -0.1) is 0 Å². The molecule has 10 nitrogen and oxygen atoms in total. The largest absolute Gasteiger partial charge is 0.394 e. The van der Waals surface area contributed by atoms with E-state index in [1.165, 1.54) is 0 Å². The summed E-state index contributed by atoms with van der Waals surface area (Å²) in [6, 6.07) is 0. The standard InChI is InChI=1S/C11H20O10/c12-1-3-5(13)7(15)9(17)11(20-3)21-4-2-19-10(18)8(16)6(4)14/h3-18H,1-2H2/t3-,4+,5+,6-,7-,8+,9-,10+,11-/m1/s1. The van der Waals surface area contributed by atoms with E-state index in [2.05, 4.69) is 0 Å². The first-order valence-electron chi connectivity index (χ1n) is 6.48. The normalized spacial score (nSPS) is 51.9. The molecular formula is C11H20O10. The predicted molar refractivity (Wildman–Crippen MR) is 62.6 cm³/mol. The van der Waals surface area contributed by atoms with Crippen LogP contribution in [0.5, 0.6) is 0 Å². The minimum absolute atomic E-state index is 0.283. The molecule has 0 aromatic rings. The predicted octanol–water partition coefficient (Wildman–Crippen LogP) is -4.76. The lowest BCUT2D eigenvalue weighted by atomic mass is 9.99. The van der Waals surface area contributed by atoms with Crippen LogP contribution in [-0.4, -0.2) is 104 Å². The summed E-state index contributed by atoms with van der Waals surface area (Å²) in [7, 11) is 0. The summed E-state index contributed by atoms with van der Waals surface area (Å²) in [5, 5.41) is 66.5. The highest BCUT2D eigenvalue weighted by atomic mass is 16.7. The zero-order valence-corrected chi connectivity index (χ0v) is 11.0. The fourth-order valence-electron chi connectivity index (χ4n) is 2.25. The van der Waals surface area contributed by atoms with Crippen molar-refractivity contribution in [3.8, 4) is 0 Å². The molecule has 0 spiro atoms. The minimum atomic E-state index is -1.63. The van der Waals surface area contributed by atoms with E-state index in [-0.39, 0.29) is 6.61 Å². The molecule has 0 aromatic carbocycles. The molecule has 0 amide bonds. The van der Waals surface area contributed by atoms with Crippen LogP contribution < -0.4 is 0 Å². The molecule has 2 aliphatic heterocycles. The van der Waals surface area contributed by atoms with Crippen LogP contribution in [0.1, 0.15) is 0 Å². The number of ether oxygens (including phenoxy) is 3. The third kappa shape index (κ3) is 3.35. The van der Waals surface area contributed by atoms with Crippen molar-refractivity contribution < 1.29 is 50.0 Å². The van der Waals surface area contributed by atoms with Gasteiger partial charge < -0.3 is 50.0 Å². The highest BCUT2D eigenvalue weighted by Gasteiger charge is 2.47. The molecule has 10 heteroatoms. The average Bonchev–Trinajstić information content (AvgIpc) is 2.48. The van der Waals surface area contributed by atoms with E-state index in [4.69, 9.17) is 19.3 Å². The maximum Gasteiger partial charge on any atom is 0.187 e. The van der Waals surface area contributed by atoms with E-state index >= 15 is 0 Å². The van der Waals surface area contributed by atoms with Crippen molar-refractivity contribution in [2.75, 3.05) is 13.2 Å². The first kappa shape index (κ1) is 17.0. The van der Waals surface area contributed by atoms with Crippen molar-refractivity contribution in [1.29, 1.82) is 0 Å². The molecule has 0 radical (unpaired) electrons. The van der Waals surface area contributed by atoms with Gasteiger partial charge in [0.1, 0.15) is 42.7 Å². The van der Waals surface area contributed by atoms with Crippen LogP contribution >= 0.6 is 0 Å². The number of rotatable bonds is 3. The first-order chi connectivity index (χ1) is 9.86. The van der Waals surface area contributed by atoms with Crippen LogP contribution in [0.2, 0.25) is 0 Å².